The van der Waals surface area contributed by atoms with Crippen LogP contribution in [-0.4, -0.2) is 26.4 Å². The van der Waals surface area contributed by atoms with E-state index in [2.05, 4.69) is 32.5 Å². The molecule has 1 saturated carbocycles. The first-order chi connectivity index (χ1) is 12.4. The summed E-state index contributed by atoms with van der Waals surface area (Å²) in [5.41, 5.74) is 1.59. The normalized spacial score (nSPS) is 15.2. The van der Waals surface area contributed by atoms with Crippen LogP contribution in [0.1, 0.15) is 53.2 Å². The van der Waals surface area contributed by atoms with Crippen LogP contribution in [-0.2, 0) is 6.54 Å². The highest BCUT2D eigenvalue weighted by Gasteiger charge is 2.38. The molecule has 0 aromatic carbocycles. The molecule has 136 valence electrons. The zero-order chi connectivity index (χ0) is 18.5. The van der Waals surface area contributed by atoms with Crippen molar-refractivity contribution in [3.05, 3.63) is 35.0 Å². The zero-order valence-corrected chi connectivity index (χ0v) is 15.3. The molecule has 0 atom stereocenters. The lowest BCUT2D eigenvalue weighted by Crippen LogP contribution is -2.24. The minimum absolute atomic E-state index is 0.0234. The second-order valence-corrected chi connectivity index (χ2v) is 7.04. The summed E-state index contributed by atoms with van der Waals surface area (Å²) >= 11 is 0. The van der Waals surface area contributed by atoms with E-state index in [9.17, 15) is 4.79 Å². The van der Waals surface area contributed by atoms with Gasteiger partial charge >= 0.3 is 0 Å². The summed E-state index contributed by atoms with van der Waals surface area (Å²) in [4.78, 5) is 25.6. The number of nitrogens with zero attached hydrogens (tertiary/aromatic N) is 3. The first-order valence-corrected chi connectivity index (χ1v) is 8.60. The van der Waals surface area contributed by atoms with E-state index in [0.717, 1.165) is 12.8 Å². The van der Waals surface area contributed by atoms with Crippen LogP contribution in [0.3, 0.4) is 0 Å². The van der Waals surface area contributed by atoms with Gasteiger partial charge in [-0.2, -0.15) is 0 Å². The number of nitrogens with one attached hydrogen (secondary N) is 2. The number of furan rings is 1. The number of rotatable bonds is 5. The van der Waals surface area contributed by atoms with Gasteiger partial charge in [0, 0.05) is 12.5 Å². The highest BCUT2D eigenvalue weighted by molar-refractivity contribution is 6.10. The molecule has 2 N–H and O–H groups in total. The number of hydrogen-bond acceptors (Lipinski definition) is 7. The Morgan fingerprint density at radius 3 is 2.62 bits per heavy atom. The summed E-state index contributed by atoms with van der Waals surface area (Å²) < 4.78 is 11.1. The second kappa shape index (κ2) is 5.82. The Bertz CT molecular complexity index is 1000. The molecule has 3 heterocycles. The summed E-state index contributed by atoms with van der Waals surface area (Å²) in [7, 11) is 0. The van der Waals surface area contributed by atoms with Crippen molar-refractivity contribution in [3.63, 3.8) is 0 Å². The molecule has 0 unspecified atom stereocenters. The maximum atomic E-state index is 12.9. The van der Waals surface area contributed by atoms with E-state index in [-0.39, 0.29) is 18.0 Å². The van der Waals surface area contributed by atoms with Gasteiger partial charge in [0.25, 0.3) is 5.91 Å². The lowest BCUT2D eigenvalue weighted by Gasteiger charge is -2.13. The van der Waals surface area contributed by atoms with Crippen molar-refractivity contribution in [2.45, 2.75) is 52.6 Å². The summed E-state index contributed by atoms with van der Waals surface area (Å²) in [6.07, 6.45) is 3.59. The molecule has 1 aliphatic carbocycles. The van der Waals surface area contributed by atoms with Crippen molar-refractivity contribution in [2.24, 2.45) is 0 Å². The van der Waals surface area contributed by atoms with Gasteiger partial charge in [-0.25, -0.2) is 15.0 Å². The maximum absolute atomic E-state index is 12.9. The first-order valence-electron chi connectivity index (χ1n) is 8.60. The largest absolute Gasteiger partial charge is 0.446 e. The summed E-state index contributed by atoms with van der Waals surface area (Å²) in [6, 6.07) is 0. The highest BCUT2D eigenvalue weighted by atomic mass is 16.4. The molecule has 1 aliphatic rings. The number of oxazole rings is 1. The van der Waals surface area contributed by atoms with Crippen LogP contribution in [0.15, 0.2) is 15.2 Å². The van der Waals surface area contributed by atoms with Crippen LogP contribution < -0.4 is 10.6 Å². The molecule has 8 nitrogen and oxygen atoms in total. The van der Waals surface area contributed by atoms with Crippen molar-refractivity contribution in [1.29, 1.82) is 0 Å². The second-order valence-electron chi connectivity index (χ2n) is 7.04. The van der Waals surface area contributed by atoms with E-state index < -0.39 is 0 Å². The number of anilines is 1. The van der Waals surface area contributed by atoms with E-state index in [4.69, 9.17) is 8.83 Å². The third-order valence-electron chi connectivity index (χ3n) is 4.73. The Kier molecular flexibility index (Phi) is 3.71. The Morgan fingerprint density at radius 1 is 1.19 bits per heavy atom. The van der Waals surface area contributed by atoms with Crippen molar-refractivity contribution in [1.82, 2.24) is 20.3 Å². The molecular weight excluding hydrogens is 334 g/mol. The molecule has 3 aromatic rings. The van der Waals surface area contributed by atoms with E-state index >= 15 is 0 Å². The molecule has 1 amide bonds. The van der Waals surface area contributed by atoms with Gasteiger partial charge in [-0.15, -0.1) is 0 Å². The fraction of sp³-hybridized carbons (Fsp3) is 0.444. The summed E-state index contributed by atoms with van der Waals surface area (Å²) in [5.74, 6) is 2.17. The predicted molar refractivity (Wildman–Crippen MR) is 94.9 cm³/mol. The number of carbonyl (C=O) groups is 1. The predicted octanol–water partition coefficient (Wildman–Crippen LogP) is 3.03. The first kappa shape index (κ1) is 16.6. The average molecular weight is 355 g/mol. The van der Waals surface area contributed by atoms with Crippen LogP contribution in [0.25, 0.3) is 11.1 Å². The van der Waals surface area contributed by atoms with Crippen LogP contribution in [0.4, 0.5) is 5.82 Å². The van der Waals surface area contributed by atoms with Gasteiger partial charge in [0.1, 0.15) is 29.4 Å². The van der Waals surface area contributed by atoms with Crippen LogP contribution in [0.2, 0.25) is 0 Å². The topological polar surface area (TPSA) is 106 Å². The Hall–Kier alpha value is -2.90. The number of aryl methyl sites for hydroxylation is 3. The molecular formula is C18H21N5O3. The molecule has 0 bridgehead atoms. The lowest BCUT2D eigenvalue weighted by molar-refractivity contribution is 0.0950. The zero-order valence-electron chi connectivity index (χ0n) is 15.3. The van der Waals surface area contributed by atoms with Crippen molar-refractivity contribution < 1.29 is 13.6 Å². The number of aromatic nitrogens is 3. The van der Waals surface area contributed by atoms with Crippen LogP contribution in [0.5, 0.6) is 0 Å². The molecule has 1 fully saturated rings. The van der Waals surface area contributed by atoms with Gasteiger partial charge < -0.3 is 19.5 Å². The van der Waals surface area contributed by atoms with Crippen molar-refractivity contribution >= 4 is 22.8 Å². The third-order valence-corrected chi connectivity index (χ3v) is 4.73. The minimum Gasteiger partial charge on any atom is -0.446 e. The van der Waals surface area contributed by atoms with Gasteiger partial charge in [-0.05, 0) is 33.6 Å². The van der Waals surface area contributed by atoms with Gasteiger partial charge in [0.15, 0.2) is 5.89 Å². The van der Waals surface area contributed by atoms with Crippen molar-refractivity contribution in [2.75, 3.05) is 5.32 Å². The molecule has 8 heteroatoms. The number of fused-ring (bicyclic) bond motifs is 1. The fourth-order valence-corrected chi connectivity index (χ4v) is 3.00. The SMILES string of the molecule is Cc1nc(CNC(=O)c2c(C)oc3ncnc(NC4(C)CC4)c23)c(C)o1. The molecule has 3 aromatic heterocycles. The summed E-state index contributed by atoms with van der Waals surface area (Å²) in [5, 5.41) is 6.92. The average Bonchev–Trinajstić information content (AvgIpc) is 3.05. The van der Waals surface area contributed by atoms with E-state index in [1.807, 2.05) is 6.92 Å². The third kappa shape index (κ3) is 2.91. The standard InChI is InChI=1S/C18H21N5O3/c1-9-12(22-11(3)25-9)7-19-16(24)13-10(2)26-17-14(13)15(20-8-21-17)23-18(4)5-6-18/h8H,5-7H2,1-4H3,(H,19,24)(H,20,21,23). The quantitative estimate of drug-likeness (QED) is 0.724. The number of carbonyl (C=O) groups excluding carboxylic acids is 1. The maximum Gasteiger partial charge on any atom is 0.255 e. The lowest BCUT2D eigenvalue weighted by atomic mass is 10.1. The Balaban J connectivity index is 1.65. The van der Waals surface area contributed by atoms with Gasteiger partial charge in [0.2, 0.25) is 5.71 Å². The molecule has 0 saturated heterocycles. The number of amides is 1. The van der Waals surface area contributed by atoms with Gasteiger partial charge in [0.05, 0.1) is 17.5 Å². The van der Waals surface area contributed by atoms with Gasteiger partial charge in [-0.1, -0.05) is 0 Å². The summed E-state index contributed by atoms with van der Waals surface area (Å²) in [6.45, 7) is 7.77. The molecule has 26 heavy (non-hydrogen) atoms. The van der Waals surface area contributed by atoms with Crippen molar-refractivity contribution in [3.8, 4) is 0 Å². The Labute approximate surface area is 150 Å². The minimum atomic E-state index is -0.250. The molecule has 0 aliphatic heterocycles. The fourth-order valence-electron chi connectivity index (χ4n) is 3.00. The molecule has 4 rings (SSSR count). The smallest absolute Gasteiger partial charge is 0.255 e. The molecule has 0 radical (unpaired) electrons. The monoisotopic (exact) mass is 355 g/mol. The van der Waals surface area contributed by atoms with E-state index in [0.29, 0.717) is 45.6 Å². The number of hydrogen-bond donors (Lipinski definition) is 2. The molecule has 0 spiro atoms. The Morgan fingerprint density at radius 2 is 1.96 bits per heavy atom. The van der Waals surface area contributed by atoms with E-state index in [1.165, 1.54) is 6.33 Å². The van der Waals surface area contributed by atoms with Gasteiger partial charge in [-0.3, -0.25) is 4.79 Å². The van der Waals surface area contributed by atoms with E-state index in [1.54, 1.807) is 13.8 Å². The van der Waals surface area contributed by atoms with Crippen LogP contribution in [0, 0.1) is 20.8 Å². The highest BCUT2D eigenvalue weighted by Crippen LogP contribution is 2.40. The van der Waals surface area contributed by atoms with Crippen LogP contribution >= 0.6 is 0 Å².